The Morgan fingerprint density at radius 1 is 1.41 bits per heavy atom. The lowest BCUT2D eigenvalue weighted by Crippen LogP contribution is -2.30. The quantitative estimate of drug-likeness (QED) is 0.516. The number of hydrazine groups is 1. The molecule has 1 aromatic heterocycles. The van der Waals surface area contributed by atoms with Crippen molar-refractivity contribution in [3.8, 4) is 0 Å². The molecule has 0 amide bonds. The lowest BCUT2D eigenvalue weighted by molar-refractivity contribution is 0.504. The first-order valence-electron chi connectivity index (χ1n) is 4.52. The molecule has 0 aliphatic rings. The molecule has 4 nitrogen and oxygen atoms in total. The first-order valence-corrected chi connectivity index (χ1v) is 6.04. The maximum atomic E-state index is 13.9. The summed E-state index contributed by atoms with van der Waals surface area (Å²) in [6.45, 7) is 0. The van der Waals surface area contributed by atoms with E-state index in [1.165, 1.54) is 12.3 Å². The van der Waals surface area contributed by atoms with Gasteiger partial charge in [0.25, 0.3) is 0 Å². The molecule has 2 rings (SSSR count). The van der Waals surface area contributed by atoms with Gasteiger partial charge in [-0.1, -0.05) is 0 Å². The van der Waals surface area contributed by atoms with E-state index in [0.717, 1.165) is 17.8 Å². The largest absolute Gasteiger partial charge is 0.271 e. The summed E-state index contributed by atoms with van der Waals surface area (Å²) < 4.78 is 35.4. The Kier molecular flexibility index (Phi) is 3.77. The van der Waals surface area contributed by atoms with Crippen LogP contribution >= 0.6 is 27.7 Å². The third-order valence-corrected chi connectivity index (χ3v) is 3.31. The number of nitrogens with two attached hydrogens (primary N) is 1. The highest BCUT2D eigenvalue weighted by atomic mass is 79.9. The highest BCUT2D eigenvalue weighted by Gasteiger charge is 2.24. The summed E-state index contributed by atoms with van der Waals surface area (Å²) >= 11 is 3.94. The SMILES string of the molecule is NNC(c1cnsn1)c1c(F)ccc(Br)c1F. The van der Waals surface area contributed by atoms with Crippen molar-refractivity contribution >= 4 is 27.7 Å². The second kappa shape index (κ2) is 5.13. The second-order valence-electron chi connectivity index (χ2n) is 3.19. The molecule has 1 atom stereocenters. The van der Waals surface area contributed by atoms with Crippen molar-refractivity contribution in [1.29, 1.82) is 0 Å². The van der Waals surface area contributed by atoms with Gasteiger partial charge in [-0.2, -0.15) is 8.75 Å². The molecular weight excluding hydrogens is 314 g/mol. The monoisotopic (exact) mass is 320 g/mol. The van der Waals surface area contributed by atoms with Crippen LogP contribution in [0.1, 0.15) is 17.3 Å². The standard InChI is InChI=1S/C9H7BrF2N4S/c10-4-1-2-5(11)7(8(4)12)9(15-13)6-3-14-17-16-6/h1-3,9,15H,13H2. The number of aromatic nitrogens is 2. The van der Waals surface area contributed by atoms with Crippen molar-refractivity contribution in [3.63, 3.8) is 0 Å². The van der Waals surface area contributed by atoms with Gasteiger partial charge in [0.15, 0.2) is 0 Å². The van der Waals surface area contributed by atoms with Gasteiger partial charge in [0.05, 0.1) is 34.1 Å². The maximum absolute atomic E-state index is 13.9. The summed E-state index contributed by atoms with van der Waals surface area (Å²) in [5.74, 6) is 3.92. The van der Waals surface area contributed by atoms with Crippen LogP contribution in [0.25, 0.3) is 0 Å². The maximum Gasteiger partial charge on any atom is 0.145 e. The number of nitrogens with zero attached hydrogens (tertiary/aromatic N) is 2. The number of hydrogen-bond acceptors (Lipinski definition) is 5. The summed E-state index contributed by atoms with van der Waals surface area (Å²) in [4.78, 5) is 0. The highest BCUT2D eigenvalue weighted by Crippen LogP contribution is 2.29. The van der Waals surface area contributed by atoms with Crippen LogP contribution in [0, 0.1) is 11.6 Å². The van der Waals surface area contributed by atoms with Crippen LogP contribution < -0.4 is 11.3 Å². The van der Waals surface area contributed by atoms with E-state index in [4.69, 9.17) is 5.84 Å². The molecule has 17 heavy (non-hydrogen) atoms. The molecule has 0 spiro atoms. The minimum absolute atomic E-state index is 0.164. The molecule has 1 heterocycles. The molecule has 1 unspecified atom stereocenters. The Morgan fingerprint density at radius 2 is 2.18 bits per heavy atom. The summed E-state index contributed by atoms with van der Waals surface area (Å²) in [5.41, 5.74) is 2.52. The van der Waals surface area contributed by atoms with Crippen LogP contribution in [-0.4, -0.2) is 8.75 Å². The fourth-order valence-corrected chi connectivity index (χ4v) is 2.22. The van der Waals surface area contributed by atoms with Crippen molar-refractivity contribution < 1.29 is 8.78 Å². The zero-order valence-electron chi connectivity index (χ0n) is 8.32. The average Bonchev–Trinajstić information content (AvgIpc) is 2.83. The van der Waals surface area contributed by atoms with Crippen LogP contribution in [0.5, 0.6) is 0 Å². The molecule has 90 valence electrons. The molecule has 2 aromatic rings. The number of halogens is 3. The van der Waals surface area contributed by atoms with E-state index in [9.17, 15) is 8.78 Å². The van der Waals surface area contributed by atoms with E-state index in [-0.39, 0.29) is 10.0 Å². The molecule has 0 saturated carbocycles. The zero-order valence-corrected chi connectivity index (χ0v) is 10.7. The predicted octanol–water partition coefficient (Wildman–Crippen LogP) is 2.13. The van der Waals surface area contributed by atoms with Crippen molar-refractivity contribution in [3.05, 3.63) is 45.7 Å². The van der Waals surface area contributed by atoms with E-state index in [1.54, 1.807) is 0 Å². The number of hydrogen-bond donors (Lipinski definition) is 2. The van der Waals surface area contributed by atoms with E-state index < -0.39 is 17.7 Å². The van der Waals surface area contributed by atoms with Gasteiger partial charge in [0.1, 0.15) is 11.6 Å². The Hall–Kier alpha value is -0.960. The first-order chi connectivity index (χ1) is 8.15. The van der Waals surface area contributed by atoms with Gasteiger partial charge in [0.2, 0.25) is 0 Å². The number of nitrogens with one attached hydrogen (secondary N) is 1. The van der Waals surface area contributed by atoms with Gasteiger partial charge in [-0.3, -0.25) is 5.84 Å². The molecule has 0 bridgehead atoms. The molecule has 8 heteroatoms. The van der Waals surface area contributed by atoms with E-state index in [0.29, 0.717) is 5.69 Å². The molecule has 0 aliphatic carbocycles. The average molecular weight is 321 g/mol. The Labute approximate surface area is 108 Å². The normalized spacial score (nSPS) is 12.7. The van der Waals surface area contributed by atoms with Gasteiger partial charge >= 0.3 is 0 Å². The van der Waals surface area contributed by atoms with Crippen LogP contribution in [0.2, 0.25) is 0 Å². The van der Waals surface area contributed by atoms with Crippen molar-refractivity contribution in [1.82, 2.24) is 14.2 Å². The minimum atomic E-state index is -0.869. The smallest absolute Gasteiger partial charge is 0.145 e. The predicted molar refractivity (Wildman–Crippen MR) is 63.1 cm³/mol. The summed E-state index contributed by atoms with van der Waals surface area (Å²) in [6.07, 6.45) is 1.41. The second-order valence-corrected chi connectivity index (χ2v) is 4.60. The van der Waals surface area contributed by atoms with Crippen LogP contribution in [-0.2, 0) is 0 Å². The van der Waals surface area contributed by atoms with Crippen molar-refractivity contribution in [2.24, 2.45) is 5.84 Å². The van der Waals surface area contributed by atoms with Gasteiger partial charge < -0.3 is 0 Å². The molecule has 1 aromatic carbocycles. The topological polar surface area (TPSA) is 63.8 Å². The van der Waals surface area contributed by atoms with Gasteiger partial charge in [-0.15, -0.1) is 0 Å². The van der Waals surface area contributed by atoms with Crippen molar-refractivity contribution in [2.45, 2.75) is 6.04 Å². The van der Waals surface area contributed by atoms with Crippen LogP contribution in [0.3, 0.4) is 0 Å². The zero-order chi connectivity index (χ0) is 12.4. The van der Waals surface area contributed by atoms with Crippen LogP contribution in [0.4, 0.5) is 8.78 Å². The fraction of sp³-hybridized carbons (Fsp3) is 0.111. The molecular formula is C9H7BrF2N4S. The molecule has 0 saturated heterocycles. The number of rotatable bonds is 3. The Morgan fingerprint density at radius 3 is 2.76 bits per heavy atom. The molecule has 0 fully saturated rings. The molecule has 0 radical (unpaired) electrons. The lowest BCUT2D eigenvalue weighted by atomic mass is 10.0. The van der Waals surface area contributed by atoms with E-state index in [2.05, 4.69) is 30.1 Å². The van der Waals surface area contributed by atoms with Crippen molar-refractivity contribution in [2.75, 3.05) is 0 Å². The minimum Gasteiger partial charge on any atom is -0.271 e. The highest BCUT2D eigenvalue weighted by molar-refractivity contribution is 9.10. The first kappa shape index (κ1) is 12.5. The van der Waals surface area contributed by atoms with Gasteiger partial charge in [0, 0.05) is 5.56 Å². The summed E-state index contributed by atoms with van der Waals surface area (Å²) in [5, 5.41) is 0. The summed E-state index contributed by atoms with van der Waals surface area (Å²) in [6, 6.07) is 1.58. The third-order valence-electron chi connectivity index (χ3n) is 2.21. The molecule has 3 N–H and O–H groups in total. The molecule has 0 aliphatic heterocycles. The van der Waals surface area contributed by atoms with E-state index >= 15 is 0 Å². The summed E-state index contributed by atoms with van der Waals surface area (Å²) in [7, 11) is 0. The Bertz CT molecular complexity index is 520. The third kappa shape index (κ3) is 2.34. The van der Waals surface area contributed by atoms with Crippen LogP contribution in [0.15, 0.2) is 22.8 Å². The fourth-order valence-electron chi connectivity index (χ4n) is 1.42. The Balaban J connectivity index is 2.55. The van der Waals surface area contributed by atoms with Gasteiger partial charge in [-0.05, 0) is 28.1 Å². The lowest BCUT2D eigenvalue weighted by Gasteiger charge is -2.15. The van der Waals surface area contributed by atoms with Gasteiger partial charge in [-0.25, -0.2) is 14.2 Å². The van der Waals surface area contributed by atoms with E-state index in [1.807, 2.05) is 0 Å². The number of benzene rings is 1.